The van der Waals surface area contributed by atoms with Crippen LogP contribution in [0.3, 0.4) is 0 Å². The number of hydrogen-bond donors (Lipinski definition) is 2. The minimum absolute atomic E-state index is 0.0104. The molecular formula is C16H19F2NO2. The van der Waals surface area contributed by atoms with Crippen LogP contribution in [0, 0.1) is 5.92 Å². The minimum Gasteiger partial charge on any atom is -0.383 e. The molecule has 21 heavy (non-hydrogen) atoms. The number of benzene rings is 1. The number of hydrogen-bond acceptors (Lipinski definition) is 2. The third kappa shape index (κ3) is 2.55. The second-order valence-electron chi connectivity index (χ2n) is 6.18. The summed E-state index contributed by atoms with van der Waals surface area (Å²) in [5, 5.41) is 12.0. The van der Waals surface area contributed by atoms with Crippen LogP contribution in [0.2, 0.25) is 0 Å². The fraction of sp³-hybridized carbons (Fsp3) is 0.562. The molecule has 2 N–H and O–H groups in total. The van der Waals surface area contributed by atoms with Crippen molar-refractivity contribution in [2.45, 2.75) is 43.1 Å². The number of amides is 1. The Bertz CT molecular complexity index is 528. The molecule has 1 aromatic rings. The first-order valence-corrected chi connectivity index (χ1v) is 7.37. The van der Waals surface area contributed by atoms with Crippen LogP contribution >= 0.6 is 0 Å². The van der Waals surface area contributed by atoms with Crippen molar-refractivity contribution in [1.82, 2.24) is 5.32 Å². The Morgan fingerprint density at radius 2 is 2.00 bits per heavy atom. The zero-order valence-corrected chi connectivity index (χ0v) is 11.7. The lowest BCUT2D eigenvalue weighted by Gasteiger charge is -2.41. The molecule has 1 amide bonds. The quantitative estimate of drug-likeness (QED) is 0.876. The molecule has 0 bridgehead atoms. The summed E-state index contributed by atoms with van der Waals surface area (Å²) in [4.78, 5) is 11.7. The molecule has 5 heteroatoms. The third-order valence-corrected chi connectivity index (χ3v) is 4.73. The second-order valence-corrected chi connectivity index (χ2v) is 6.18. The molecule has 0 aromatic heterocycles. The first-order chi connectivity index (χ1) is 9.94. The molecule has 0 radical (unpaired) electrons. The van der Waals surface area contributed by atoms with Gasteiger partial charge in [-0.1, -0.05) is 30.3 Å². The van der Waals surface area contributed by atoms with Crippen molar-refractivity contribution < 1.29 is 18.7 Å². The Morgan fingerprint density at radius 1 is 1.33 bits per heavy atom. The van der Waals surface area contributed by atoms with E-state index in [1.807, 2.05) is 30.3 Å². The van der Waals surface area contributed by atoms with Crippen molar-refractivity contribution in [2.24, 2.45) is 5.92 Å². The highest BCUT2D eigenvalue weighted by atomic mass is 19.3. The topological polar surface area (TPSA) is 49.3 Å². The van der Waals surface area contributed by atoms with E-state index in [2.05, 4.69) is 5.32 Å². The lowest BCUT2D eigenvalue weighted by Crippen LogP contribution is -2.60. The van der Waals surface area contributed by atoms with Crippen molar-refractivity contribution in [3.05, 3.63) is 35.9 Å². The average Bonchev–Trinajstić information content (AvgIpc) is 3.22. The maximum atomic E-state index is 13.9. The van der Waals surface area contributed by atoms with Gasteiger partial charge in [-0.25, -0.2) is 0 Å². The van der Waals surface area contributed by atoms with E-state index in [9.17, 15) is 18.7 Å². The van der Waals surface area contributed by atoms with Crippen LogP contribution in [0.25, 0.3) is 0 Å². The molecule has 2 fully saturated rings. The standard InChI is InChI=1S/C16H19F2NO2/c17-16(18,15(21)7-4-8-15)14(20)19-10-12-9-13(12)11-5-2-1-3-6-11/h1-3,5-6,12-13,21H,4,7-10H2,(H,19,20). The van der Waals surface area contributed by atoms with E-state index in [4.69, 9.17) is 0 Å². The van der Waals surface area contributed by atoms with Crippen LogP contribution in [0.5, 0.6) is 0 Å². The fourth-order valence-corrected chi connectivity index (χ4v) is 2.95. The normalized spacial score (nSPS) is 26.8. The molecular weight excluding hydrogens is 276 g/mol. The SMILES string of the molecule is O=C(NCC1CC1c1ccccc1)C(F)(F)C1(O)CCC1. The van der Waals surface area contributed by atoms with E-state index < -0.39 is 17.4 Å². The summed E-state index contributed by atoms with van der Waals surface area (Å²) in [5.41, 5.74) is -0.958. The zero-order chi connectivity index (χ0) is 15.1. The van der Waals surface area contributed by atoms with E-state index in [1.54, 1.807) is 0 Å². The number of halogens is 2. The number of carbonyl (C=O) groups is 1. The molecule has 1 aromatic carbocycles. The molecule has 0 aliphatic heterocycles. The van der Waals surface area contributed by atoms with Crippen LogP contribution in [-0.4, -0.2) is 29.1 Å². The summed E-state index contributed by atoms with van der Waals surface area (Å²) in [5.74, 6) is -4.49. The predicted molar refractivity (Wildman–Crippen MR) is 74.0 cm³/mol. The van der Waals surface area contributed by atoms with Crippen LogP contribution in [-0.2, 0) is 4.79 Å². The largest absolute Gasteiger partial charge is 0.383 e. The second kappa shape index (κ2) is 5.05. The van der Waals surface area contributed by atoms with Crippen molar-refractivity contribution >= 4 is 5.91 Å². The monoisotopic (exact) mass is 295 g/mol. The summed E-state index contributed by atoms with van der Waals surface area (Å²) in [6.07, 6.45) is 1.42. The summed E-state index contributed by atoms with van der Waals surface area (Å²) in [6, 6.07) is 9.85. The van der Waals surface area contributed by atoms with E-state index in [-0.39, 0.29) is 25.3 Å². The third-order valence-electron chi connectivity index (χ3n) is 4.73. The van der Waals surface area contributed by atoms with Gasteiger partial charge in [-0.15, -0.1) is 0 Å². The molecule has 2 saturated carbocycles. The number of aliphatic hydroxyl groups is 1. The summed E-state index contributed by atoms with van der Waals surface area (Å²) >= 11 is 0. The highest BCUT2D eigenvalue weighted by Gasteiger charge is 2.61. The molecule has 3 rings (SSSR count). The smallest absolute Gasteiger partial charge is 0.352 e. The van der Waals surface area contributed by atoms with E-state index in [0.717, 1.165) is 6.42 Å². The summed E-state index contributed by atoms with van der Waals surface area (Å²) < 4.78 is 27.8. The van der Waals surface area contributed by atoms with E-state index >= 15 is 0 Å². The van der Waals surface area contributed by atoms with E-state index in [1.165, 1.54) is 5.56 Å². The van der Waals surface area contributed by atoms with Gasteiger partial charge in [0.05, 0.1) is 0 Å². The van der Waals surface area contributed by atoms with Gasteiger partial charge in [-0.3, -0.25) is 4.79 Å². The Labute approximate surface area is 122 Å². The maximum absolute atomic E-state index is 13.9. The van der Waals surface area contributed by atoms with Gasteiger partial charge in [0.2, 0.25) is 0 Å². The molecule has 2 atom stereocenters. The number of nitrogens with one attached hydrogen (secondary N) is 1. The number of alkyl halides is 2. The predicted octanol–water partition coefficient (Wildman–Crippen LogP) is 2.46. The van der Waals surface area contributed by atoms with Crippen molar-refractivity contribution in [2.75, 3.05) is 6.54 Å². The van der Waals surface area contributed by atoms with Gasteiger partial charge in [-0.2, -0.15) is 8.78 Å². The molecule has 0 saturated heterocycles. The summed E-state index contributed by atoms with van der Waals surface area (Å²) in [7, 11) is 0. The molecule has 114 valence electrons. The minimum atomic E-state index is -3.69. The molecule has 2 unspecified atom stereocenters. The highest BCUT2D eigenvalue weighted by Crippen LogP contribution is 2.47. The molecule has 3 nitrogen and oxygen atoms in total. The van der Waals surface area contributed by atoms with Gasteiger partial charge >= 0.3 is 5.92 Å². The first kappa shape index (κ1) is 14.4. The van der Waals surface area contributed by atoms with Gasteiger partial charge in [0.25, 0.3) is 5.91 Å². The molecule has 0 spiro atoms. The molecule has 2 aliphatic carbocycles. The van der Waals surface area contributed by atoms with Crippen molar-refractivity contribution in [3.8, 4) is 0 Å². The van der Waals surface area contributed by atoms with Crippen molar-refractivity contribution in [3.63, 3.8) is 0 Å². The average molecular weight is 295 g/mol. The Balaban J connectivity index is 1.51. The lowest BCUT2D eigenvalue weighted by molar-refractivity contribution is -0.215. The van der Waals surface area contributed by atoms with Crippen LogP contribution in [0.1, 0.15) is 37.2 Å². The zero-order valence-electron chi connectivity index (χ0n) is 11.7. The Kier molecular flexibility index (Phi) is 3.48. The number of rotatable bonds is 5. The highest BCUT2D eigenvalue weighted by molar-refractivity contribution is 5.85. The molecule has 0 heterocycles. The summed E-state index contributed by atoms with van der Waals surface area (Å²) in [6.45, 7) is 0.240. The van der Waals surface area contributed by atoms with Crippen LogP contribution in [0.4, 0.5) is 8.78 Å². The van der Waals surface area contributed by atoms with Gasteiger partial charge in [0.1, 0.15) is 5.60 Å². The van der Waals surface area contributed by atoms with Gasteiger partial charge in [0.15, 0.2) is 0 Å². The maximum Gasteiger partial charge on any atom is 0.352 e. The Morgan fingerprint density at radius 3 is 2.57 bits per heavy atom. The van der Waals surface area contributed by atoms with Gasteiger partial charge < -0.3 is 10.4 Å². The van der Waals surface area contributed by atoms with Gasteiger partial charge in [-0.05, 0) is 43.1 Å². The van der Waals surface area contributed by atoms with Gasteiger partial charge in [0, 0.05) is 6.54 Å². The fourth-order valence-electron chi connectivity index (χ4n) is 2.95. The Hall–Kier alpha value is -1.49. The number of carbonyl (C=O) groups excluding carboxylic acids is 1. The molecule has 2 aliphatic rings. The lowest BCUT2D eigenvalue weighted by atomic mass is 9.75. The van der Waals surface area contributed by atoms with Crippen LogP contribution < -0.4 is 5.32 Å². The van der Waals surface area contributed by atoms with Crippen LogP contribution in [0.15, 0.2) is 30.3 Å². The van der Waals surface area contributed by atoms with E-state index in [0.29, 0.717) is 12.3 Å². The first-order valence-electron chi connectivity index (χ1n) is 7.37. The van der Waals surface area contributed by atoms with Crippen molar-refractivity contribution in [1.29, 1.82) is 0 Å².